The van der Waals surface area contributed by atoms with Gasteiger partial charge in [0.2, 0.25) is 5.91 Å². The molecule has 4 N–H and O–H groups in total. The number of benzene rings is 1. The van der Waals surface area contributed by atoms with Crippen molar-refractivity contribution in [2.75, 3.05) is 20.1 Å². The average molecular weight is 588 g/mol. The number of nitrogens with zero attached hydrogens (tertiary/aromatic N) is 3. The summed E-state index contributed by atoms with van der Waals surface area (Å²) in [7, 11) is 2.14. The zero-order chi connectivity index (χ0) is 31.0. The van der Waals surface area contributed by atoms with Crippen LogP contribution in [0.4, 0.5) is 4.79 Å². The molecule has 0 bridgehead atoms. The average Bonchev–Trinajstić information content (AvgIpc) is 3.71. The number of H-pyrrole nitrogens is 2. The Kier molecular flexibility index (Phi) is 10.6. The van der Waals surface area contributed by atoms with Gasteiger partial charge in [0, 0.05) is 18.5 Å². The molecule has 2 amide bonds. The molecule has 10 nitrogen and oxygen atoms in total. The van der Waals surface area contributed by atoms with Crippen LogP contribution in [0.2, 0.25) is 0 Å². The van der Waals surface area contributed by atoms with E-state index in [1.807, 2.05) is 50.5 Å². The van der Waals surface area contributed by atoms with E-state index in [0.717, 1.165) is 66.4 Å². The first kappa shape index (κ1) is 31.8. The summed E-state index contributed by atoms with van der Waals surface area (Å²) in [5.41, 5.74) is 3.13. The number of carbonyl (C=O) groups excluding carboxylic acids is 2. The number of likely N-dealkylation sites (tertiary alicyclic amines) is 1. The Morgan fingerprint density at radius 3 is 2.53 bits per heavy atom. The third-order valence-electron chi connectivity index (χ3n) is 7.36. The summed E-state index contributed by atoms with van der Waals surface area (Å²) >= 11 is 0. The fourth-order valence-corrected chi connectivity index (χ4v) is 5.04. The molecule has 1 aromatic carbocycles. The molecule has 1 fully saturated rings. The lowest BCUT2D eigenvalue weighted by molar-refractivity contribution is -0.124. The summed E-state index contributed by atoms with van der Waals surface area (Å²) in [5, 5.41) is 5.62. The number of unbranched alkanes of at least 4 members (excludes halogenated alkanes) is 1. The van der Waals surface area contributed by atoms with Gasteiger partial charge in [-0.1, -0.05) is 31.9 Å². The number of rotatable bonds is 10. The van der Waals surface area contributed by atoms with Crippen molar-refractivity contribution in [2.45, 2.75) is 84.4 Å². The van der Waals surface area contributed by atoms with Crippen molar-refractivity contribution in [3.63, 3.8) is 0 Å². The van der Waals surface area contributed by atoms with Crippen LogP contribution in [0.15, 0.2) is 36.7 Å². The van der Waals surface area contributed by atoms with Crippen molar-refractivity contribution in [1.29, 1.82) is 0 Å². The normalized spacial score (nSPS) is 16.0. The molecule has 0 aliphatic carbocycles. The van der Waals surface area contributed by atoms with Crippen LogP contribution in [0, 0.1) is 17.8 Å². The Morgan fingerprint density at radius 2 is 1.86 bits per heavy atom. The van der Waals surface area contributed by atoms with Gasteiger partial charge in [-0.3, -0.25) is 9.69 Å². The second-order valence-corrected chi connectivity index (χ2v) is 12.5. The summed E-state index contributed by atoms with van der Waals surface area (Å²) in [4.78, 5) is 43.0. The van der Waals surface area contributed by atoms with Crippen molar-refractivity contribution in [1.82, 2.24) is 35.5 Å². The first-order valence-electron chi connectivity index (χ1n) is 15.2. The number of carbonyl (C=O) groups is 2. The van der Waals surface area contributed by atoms with Gasteiger partial charge < -0.3 is 25.3 Å². The smallest absolute Gasteiger partial charge is 0.408 e. The number of hydrogen-bond acceptors (Lipinski definition) is 6. The number of alkyl carbamates (subject to hydrolysis) is 1. The Labute approximate surface area is 254 Å². The van der Waals surface area contributed by atoms with Gasteiger partial charge in [-0.2, -0.15) is 0 Å². The topological polar surface area (TPSA) is 128 Å². The Hall–Kier alpha value is -4.10. The van der Waals surface area contributed by atoms with Gasteiger partial charge in [-0.25, -0.2) is 14.8 Å². The van der Waals surface area contributed by atoms with E-state index < -0.39 is 17.7 Å². The molecule has 2 aromatic heterocycles. The van der Waals surface area contributed by atoms with Gasteiger partial charge in [-0.15, -0.1) is 0 Å². The molecule has 1 saturated heterocycles. The SMILES string of the molecule is CC(C)C(NC(=O)OC(C)(C)C)C(=O)NCCCCc1ncc(-c2ccc(C#Cc3cnc(C4CCCN4C)[nH]3)cc2)[nH]1. The highest BCUT2D eigenvalue weighted by molar-refractivity contribution is 5.85. The van der Waals surface area contributed by atoms with Crippen LogP contribution in [0.5, 0.6) is 0 Å². The molecule has 4 rings (SSSR count). The summed E-state index contributed by atoms with van der Waals surface area (Å²) in [6.07, 6.45) is 7.82. The molecule has 2 unspecified atom stereocenters. The van der Waals surface area contributed by atoms with Gasteiger partial charge in [0.25, 0.3) is 0 Å². The summed E-state index contributed by atoms with van der Waals surface area (Å²) in [6, 6.07) is 7.80. The quantitative estimate of drug-likeness (QED) is 0.196. The van der Waals surface area contributed by atoms with Crippen LogP contribution in [0.25, 0.3) is 11.3 Å². The Bertz CT molecular complexity index is 1420. The number of aromatic nitrogens is 4. The van der Waals surface area contributed by atoms with Gasteiger partial charge in [0.15, 0.2) is 0 Å². The van der Waals surface area contributed by atoms with E-state index in [4.69, 9.17) is 4.74 Å². The maximum atomic E-state index is 12.7. The monoisotopic (exact) mass is 587 g/mol. The number of hydrogen-bond donors (Lipinski definition) is 4. The molecular weight excluding hydrogens is 542 g/mol. The molecule has 1 aliphatic rings. The molecule has 2 atom stereocenters. The molecule has 43 heavy (non-hydrogen) atoms. The molecule has 230 valence electrons. The van der Waals surface area contributed by atoms with Crippen LogP contribution in [-0.2, 0) is 16.0 Å². The summed E-state index contributed by atoms with van der Waals surface area (Å²) < 4.78 is 5.30. The molecule has 3 heterocycles. The third-order valence-corrected chi connectivity index (χ3v) is 7.36. The number of aryl methyl sites for hydroxylation is 1. The second kappa shape index (κ2) is 14.4. The minimum atomic E-state index is -0.651. The highest BCUT2D eigenvalue weighted by Gasteiger charge is 2.27. The lowest BCUT2D eigenvalue weighted by atomic mass is 10.0. The molecule has 10 heteroatoms. The van der Waals surface area contributed by atoms with E-state index >= 15 is 0 Å². The molecule has 0 saturated carbocycles. The first-order chi connectivity index (χ1) is 20.5. The molecule has 1 aliphatic heterocycles. The number of nitrogens with one attached hydrogen (secondary N) is 4. The zero-order valence-electron chi connectivity index (χ0n) is 26.2. The maximum Gasteiger partial charge on any atom is 0.408 e. The van der Waals surface area contributed by atoms with Crippen molar-refractivity contribution in [3.05, 3.63) is 59.6 Å². The predicted octanol–water partition coefficient (Wildman–Crippen LogP) is 4.95. The predicted molar refractivity (Wildman–Crippen MR) is 167 cm³/mol. The zero-order valence-corrected chi connectivity index (χ0v) is 26.2. The maximum absolute atomic E-state index is 12.7. The number of aromatic amines is 2. The van der Waals surface area contributed by atoms with Crippen molar-refractivity contribution in [2.24, 2.45) is 5.92 Å². The summed E-state index contributed by atoms with van der Waals surface area (Å²) in [6.45, 7) is 10.8. The lowest BCUT2D eigenvalue weighted by Gasteiger charge is -2.25. The van der Waals surface area contributed by atoms with Gasteiger partial charge in [-0.05, 0) is 89.6 Å². The minimum absolute atomic E-state index is 0.0662. The summed E-state index contributed by atoms with van der Waals surface area (Å²) in [5.74, 6) is 8.04. The van der Waals surface area contributed by atoms with E-state index in [1.165, 1.54) is 6.42 Å². The van der Waals surface area contributed by atoms with Crippen LogP contribution in [0.3, 0.4) is 0 Å². The van der Waals surface area contributed by atoms with E-state index in [9.17, 15) is 9.59 Å². The Balaban J connectivity index is 1.20. The van der Waals surface area contributed by atoms with Crippen molar-refractivity contribution in [3.8, 4) is 23.1 Å². The molecular formula is C33H45N7O3. The highest BCUT2D eigenvalue weighted by Crippen LogP contribution is 2.28. The lowest BCUT2D eigenvalue weighted by Crippen LogP contribution is -2.51. The largest absolute Gasteiger partial charge is 0.444 e. The van der Waals surface area contributed by atoms with Crippen molar-refractivity contribution >= 4 is 12.0 Å². The fraction of sp³-hybridized carbons (Fsp3) is 0.515. The van der Waals surface area contributed by atoms with Crippen LogP contribution in [-0.4, -0.2) is 68.6 Å². The van der Waals surface area contributed by atoms with Crippen LogP contribution in [0.1, 0.15) is 89.3 Å². The minimum Gasteiger partial charge on any atom is -0.444 e. The first-order valence-corrected chi connectivity index (χ1v) is 15.2. The highest BCUT2D eigenvalue weighted by atomic mass is 16.6. The van der Waals surface area contributed by atoms with E-state index in [2.05, 4.69) is 54.4 Å². The van der Waals surface area contributed by atoms with E-state index in [1.54, 1.807) is 20.8 Å². The molecule has 0 radical (unpaired) electrons. The number of imidazole rings is 2. The number of amides is 2. The number of ether oxygens (including phenoxy) is 1. The van der Waals surface area contributed by atoms with Crippen LogP contribution < -0.4 is 10.6 Å². The Morgan fingerprint density at radius 1 is 1.09 bits per heavy atom. The van der Waals surface area contributed by atoms with E-state index in [-0.39, 0.29) is 11.8 Å². The van der Waals surface area contributed by atoms with E-state index in [0.29, 0.717) is 12.6 Å². The van der Waals surface area contributed by atoms with Gasteiger partial charge in [0.1, 0.15) is 29.0 Å². The molecule has 3 aromatic rings. The van der Waals surface area contributed by atoms with Gasteiger partial charge in [0.05, 0.1) is 24.1 Å². The van der Waals surface area contributed by atoms with Crippen molar-refractivity contribution < 1.29 is 14.3 Å². The van der Waals surface area contributed by atoms with Crippen LogP contribution >= 0.6 is 0 Å². The standard InChI is InChI=1S/C33H45N7O3/c1-22(2)29(39-32(42)43-33(3,4)5)31(41)34-18-8-7-11-28-35-21-26(38-28)24-15-12-23(13-16-24)14-17-25-20-36-30(37-25)27-10-9-19-40(27)6/h12-13,15-16,20-22,27,29H,7-11,18-19H2,1-6H3,(H,34,41)(H,35,38)(H,36,37)(H,39,42). The molecule has 0 spiro atoms. The third kappa shape index (κ3) is 9.45. The fourth-order valence-electron chi connectivity index (χ4n) is 5.04. The van der Waals surface area contributed by atoms with Gasteiger partial charge >= 0.3 is 6.09 Å². The second-order valence-electron chi connectivity index (χ2n) is 12.5.